The second-order valence-corrected chi connectivity index (χ2v) is 8.54. The fourth-order valence-corrected chi connectivity index (χ4v) is 3.98. The number of aromatic hydroxyl groups is 1. The summed E-state index contributed by atoms with van der Waals surface area (Å²) in [5.74, 6) is -1.19. The van der Waals surface area contributed by atoms with Crippen molar-refractivity contribution in [2.45, 2.75) is 71.5 Å². The molecule has 0 saturated heterocycles. The molecule has 0 aliphatic heterocycles. The van der Waals surface area contributed by atoms with Gasteiger partial charge in [0.2, 0.25) is 0 Å². The van der Waals surface area contributed by atoms with Crippen molar-refractivity contribution in [1.29, 1.82) is 0 Å². The molecule has 3 rings (SSSR count). The van der Waals surface area contributed by atoms with Crippen LogP contribution in [0.2, 0.25) is 0 Å². The number of ketones is 2. The first-order chi connectivity index (χ1) is 15.3. The lowest BCUT2D eigenvalue weighted by Gasteiger charge is -2.24. The van der Waals surface area contributed by atoms with Crippen molar-refractivity contribution in [3.63, 3.8) is 0 Å². The van der Waals surface area contributed by atoms with Crippen molar-refractivity contribution >= 4 is 17.7 Å². The van der Waals surface area contributed by atoms with Crippen molar-refractivity contribution in [3.8, 4) is 5.75 Å². The van der Waals surface area contributed by atoms with Gasteiger partial charge in [0, 0.05) is 17.6 Å². The van der Waals surface area contributed by atoms with Crippen LogP contribution < -0.4 is 0 Å². The molecular weight excluding hydrogens is 408 g/mol. The molecule has 0 heterocycles. The number of rotatable bonds is 5. The molecule has 1 N–H and O–H groups in total. The number of hydrogen-bond donors (Lipinski definition) is 1. The lowest BCUT2D eigenvalue weighted by molar-refractivity contribution is 0.0163. The molecule has 2 atom stereocenters. The number of hydrogen-bond acceptors (Lipinski definition) is 6. The highest BCUT2D eigenvalue weighted by atomic mass is 16.7. The van der Waals surface area contributed by atoms with Crippen molar-refractivity contribution in [3.05, 3.63) is 64.3 Å². The van der Waals surface area contributed by atoms with Gasteiger partial charge in [0.15, 0.2) is 11.6 Å². The molecule has 0 bridgehead atoms. The lowest BCUT2D eigenvalue weighted by Crippen LogP contribution is -2.30. The molecular formula is C26H30O6. The Morgan fingerprint density at radius 2 is 1.97 bits per heavy atom. The first kappa shape index (κ1) is 23.5. The van der Waals surface area contributed by atoms with Crippen LogP contribution in [-0.4, -0.2) is 35.0 Å². The van der Waals surface area contributed by atoms with Crippen LogP contribution in [-0.2, 0) is 9.47 Å². The van der Waals surface area contributed by atoms with E-state index in [0.29, 0.717) is 12.0 Å². The Morgan fingerprint density at radius 1 is 1.19 bits per heavy atom. The van der Waals surface area contributed by atoms with E-state index in [1.165, 1.54) is 12.1 Å². The second-order valence-electron chi connectivity index (χ2n) is 8.54. The van der Waals surface area contributed by atoms with E-state index in [0.717, 1.165) is 31.3 Å². The quantitative estimate of drug-likeness (QED) is 0.463. The summed E-state index contributed by atoms with van der Waals surface area (Å²) in [6, 6.07) is 2.98. The van der Waals surface area contributed by atoms with E-state index < -0.39 is 23.8 Å². The Labute approximate surface area is 188 Å². The van der Waals surface area contributed by atoms with Gasteiger partial charge in [0.25, 0.3) is 0 Å². The van der Waals surface area contributed by atoms with Gasteiger partial charge >= 0.3 is 6.16 Å². The van der Waals surface area contributed by atoms with Crippen LogP contribution >= 0.6 is 0 Å². The average molecular weight is 439 g/mol. The highest BCUT2D eigenvalue weighted by Crippen LogP contribution is 2.33. The summed E-state index contributed by atoms with van der Waals surface area (Å²) in [6.07, 6.45) is 9.69. The number of fused-ring (bicyclic) bond motifs is 1. The lowest BCUT2D eigenvalue weighted by atomic mass is 9.83. The minimum absolute atomic E-state index is 0.0334. The van der Waals surface area contributed by atoms with Gasteiger partial charge in [-0.25, -0.2) is 4.79 Å². The van der Waals surface area contributed by atoms with E-state index >= 15 is 0 Å². The Hall–Kier alpha value is -3.15. The van der Waals surface area contributed by atoms with Crippen molar-refractivity contribution in [2.24, 2.45) is 0 Å². The van der Waals surface area contributed by atoms with Crippen LogP contribution in [0.4, 0.5) is 4.79 Å². The zero-order valence-corrected chi connectivity index (χ0v) is 18.8. The van der Waals surface area contributed by atoms with Crippen LogP contribution in [0.5, 0.6) is 5.75 Å². The topological polar surface area (TPSA) is 89.9 Å². The summed E-state index contributed by atoms with van der Waals surface area (Å²) in [5, 5.41) is 10.3. The van der Waals surface area contributed by atoms with Gasteiger partial charge in [0.05, 0.1) is 5.56 Å². The number of carbonyl (C=O) groups excluding carboxylic acids is 3. The Kier molecular flexibility index (Phi) is 7.67. The molecule has 1 unspecified atom stereocenters. The summed E-state index contributed by atoms with van der Waals surface area (Å²) in [7, 11) is 0. The summed E-state index contributed by atoms with van der Waals surface area (Å²) in [6.45, 7) is 5.49. The highest BCUT2D eigenvalue weighted by molar-refractivity contribution is 6.26. The number of allylic oxidation sites excluding steroid dienone is 3. The molecule has 0 radical (unpaired) electrons. The standard InChI is InChI=1S/C26H30O6/c1-16(2)11-14-22(32-26(30)31-18-9-7-5-4-6-8-10-18)19-15-21(28)23-17(3)12-13-20(27)24(23)25(19)29/h7,9,11-13,15,18,22,27H,4-6,8,10,14H2,1-3H3/b9-7+/t18?,22-/m1/s1. The van der Waals surface area contributed by atoms with Gasteiger partial charge in [-0.05, 0) is 70.2 Å². The fraction of sp³-hybridized carbons (Fsp3) is 0.423. The summed E-state index contributed by atoms with van der Waals surface area (Å²) in [5.41, 5.74) is 1.75. The van der Waals surface area contributed by atoms with E-state index in [9.17, 15) is 19.5 Å². The molecule has 6 nitrogen and oxygen atoms in total. The number of Topliss-reactive ketones (excluding diaryl/α,β-unsaturated/α-hetero) is 1. The molecule has 2 aliphatic carbocycles. The zero-order chi connectivity index (χ0) is 23.3. The molecule has 0 saturated carbocycles. The van der Waals surface area contributed by atoms with E-state index in [-0.39, 0.29) is 35.0 Å². The number of aryl methyl sites for hydroxylation is 1. The number of phenols is 1. The van der Waals surface area contributed by atoms with Crippen LogP contribution in [0.15, 0.2) is 47.6 Å². The molecule has 0 spiro atoms. The van der Waals surface area contributed by atoms with Crippen molar-refractivity contribution in [1.82, 2.24) is 0 Å². The van der Waals surface area contributed by atoms with Crippen LogP contribution in [0.25, 0.3) is 0 Å². The molecule has 6 heteroatoms. The van der Waals surface area contributed by atoms with Crippen molar-refractivity contribution in [2.75, 3.05) is 0 Å². The summed E-state index contributed by atoms with van der Waals surface area (Å²) >= 11 is 0. The molecule has 32 heavy (non-hydrogen) atoms. The molecule has 1 aromatic rings. The third-order valence-corrected chi connectivity index (χ3v) is 5.70. The highest BCUT2D eigenvalue weighted by Gasteiger charge is 2.35. The fourth-order valence-electron chi connectivity index (χ4n) is 3.98. The monoisotopic (exact) mass is 438 g/mol. The third kappa shape index (κ3) is 5.55. The summed E-state index contributed by atoms with van der Waals surface area (Å²) in [4.78, 5) is 38.6. The van der Waals surface area contributed by atoms with Crippen LogP contribution in [0.3, 0.4) is 0 Å². The first-order valence-electron chi connectivity index (χ1n) is 11.1. The van der Waals surface area contributed by atoms with Gasteiger partial charge in [-0.3, -0.25) is 9.59 Å². The van der Waals surface area contributed by atoms with Crippen LogP contribution in [0.1, 0.15) is 78.7 Å². The van der Waals surface area contributed by atoms with Gasteiger partial charge in [-0.2, -0.15) is 0 Å². The smallest absolute Gasteiger partial charge is 0.507 e. The van der Waals surface area contributed by atoms with Gasteiger partial charge in [-0.1, -0.05) is 30.2 Å². The van der Waals surface area contributed by atoms with E-state index in [1.54, 1.807) is 13.0 Å². The molecule has 0 fully saturated rings. The number of phenolic OH excluding ortho intramolecular Hbond substituents is 1. The molecule has 1 aromatic carbocycles. The predicted octanol–water partition coefficient (Wildman–Crippen LogP) is 5.77. The maximum Gasteiger partial charge on any atom is 0.509 e. The summed E-state index contributed by atoms with van der Waals surface area (Å²) < 4.78 is 11.0. The minimum Gasteiger partial charge on any atom is -0.507 e. The van der Waals surface area contributed by atoms with E-state index in [1.807, 2.05) is 32.1 Å². The molecule has 0 aromatic heterocycles. The normalized spacial score (nSPS) is 20.2. The number of benzene rings is 1. The van der Waals surface area contributed by atoms with Gasteiger partial charge < -0.3 is 14.6 Å². The Bertz CT molecular complexity index is 994. The van der Waals surface area contributed by atoms with Crippen molar-refractivity contribution < 1.29 is 29.0 Å². The number of ether oxygens (including phenoxy) is 2. The maximum atomic E-state index is 13.2. The SMILES string of the molecule is CC(C)=CC[C@@H](OC(=O)OC1/C=C/CCCCC1)C1=CC(=O)c2c(C)ccc(O)c2C1=O. The van der Waals surface area contributed by atoms with Gasteiger partial charge in [-0.15, -0.1) is 0 Å². The zero-order valence-electron chi connectivity index (χ0n) is 18.8. The molecule has 2 aliphatic rings. The molecule has 170 valence electrons. The Morgan fingerprint density at radius 3 is 2.72 bits per heavy atom. The number of carbonyl (C=O) groups is 3. The van der Waals surface area contributed by atoms with E-state index in [4.69, 9.17) is 9.47 Å². The third-order valence-electron chi connectivity index (χ3n) is 5.70. The second kappa shape index (κ2) is 10.4. The Balaban J connectivity index is 1.85. The van der Waals surface area contributed by atoms with Crippen LogP contribution in [0, 0.1) is 6.92 Å². The average Bonchev–Trinajstić information content (AvgIpc) is 2.71. The predicted molar refractivity (Wildman–Crippen MR) is 121 cm³/mol. The van der Waals surface area contributed by atoms with E-state index in [2.05, 4.69) is 0 Å². The maximum absolute atomic E-state index is 13.2. The molecule has 0 amide bonds. The van der Waals surface area contributed by atoms with Gasteiger partial charge in [0.1, 0.15) is 18.0 Å². The minimum atomic E-state index is -1.00. The first-order valence-corrected chi connectivity index (χ1v) is 11.1. The largest absolute Gasteiger partial charge is 0.509 e.